The van der Waals surface area contributed by atoms with Gasteiger partial charge in [0.1, 0.15) is 12.6 Å². The maximum Gasteiger partial charge on any atom is 0.244 e. The number of anilines is 1. The smallest absolute Gasteiger partial charge is 0.244 e. The van der Waals surface area contributed by atoms with E-state index in [1.165, 1.54) is 11.9 Å². The highest BCUT2D eigenvalue weighted by atomic mass is 32.2. The molecule has 0 aliphatic heterocycles. The van der Waals surface area contributed by atoms with Gasteiger partial charge < -0.3 is 10.2 Å². The molecule has 0 spiro atoms. The molecular formula is C24H33N3O4S. The first kappa shape index (κ1) is 25.4. The van der Waals surface area contributed by atoms with E-state index in [0.717, 1.165) is 32.8 Å². The highest BCUT2D eigenvalue weighted by Crippen LogP contribution is 2.25. The minimum absolute atomic E-state index is 0.205. The number of benzene rings is 2. The van der Waals surface area contributed by atoms with Gasteiger partial charge in [-0.1, -0.05) is 48.9 Å². The number of hydrogen-bond acceptors (Lipinski definition) is 4. The van der Waals surface area contributed by atoms with Crippen molar-refractivity contribution >= 4 is 27.5 Å². The molecule has 174 valence electrons. The Hall–Kier alpha value is -2.87. The van der Waals surface area contributed by atoms with Crippen LogP contribution in [0.1, 0.15) is 35.6 Å². The first-order chi connectivity index (χ1) is 15.0. The molecule has 0 aliphatic rings. The summed E-state index contributed by atoms with van der Waals surface area (Å²) in [4.78, 5) is 27.5. The SMILES string of the molecule is CC[C@H](C(=O)NC)N(Cc1cccc(C)c1)C(=O)CN(c1cccc(C)c1C)S(C)(=O)=O. The Morgan fingerprint density at radius 2 is 1.72 bits per heavy atom. The molecule has 32 heavy (non-hydrogen) atoms. The van der Waals surface area contributed by atoms with Crippen molar-refractivity contribution in [3.63, 3.8) is 0 Å². The summed E-state index contributed by atoms with van der Waals surface area (Å²) in [5.74, 6) is -0.723. The van der Waals surface area contributed by atoms with E-state index < -0.39 is 22.0 Å². The molecule has 0 bridgehead atoms. The van der Waals surface area contributed by atoms with Crippen molar-refractivity contribution in [3.05, 3.63) is 64.7 Å². The highest BCUT2D eigenvalue weighted by molar-refractivity contribution is 7.92. The lowest BCUT2D eigenvalue weighted by Crippen LogP contribution is -2.51. The Morgan fingerprint density at radius 1 is 1.06 bits per heavy atom. The second-order valence-electron chi connectivity index (χ2n) is 8.04. The van der Waals surface area contributed by atoms with Crippen molar-refractivity contribution in [1.29, 1.82) is 0 Å². The standard InChI is InChI=1S/C24H33N3O4S/c1-7-21(24(29)25-5)26(15-20-12-8-10-17(2)14-20)23(28)16-27(32(6,30)31)22-13-9-11-18(3)19(22)4/h8-14,21H,7,15-16H2,1-6H3,(H,25,29)/t21-/m1/s1. The second kappa shape index (κ2) is 10.6. The van der Waals surface area contributed by atoms with E-state index in [4.69, 9.17) is 0 Å². The van der Waals surface area contributed by atoms with E-state index >= 15 is 0 Å². The van der Waals surface area contributed by atoms with E-state index in [1.54, 1.807) is 12.1 Å². The van der Waals surface area contributed by atoms with Crippen molar-refractivity contribution in [1.82, 2.24) is 10.2 Å². The normalized spacial score (nSPS) is 12.2. The molecule has 2 rings (SSSR count). The third-order valence-electron chi connectivity index (χ3n) is 5.59. The molecule has 0 radical (unpaired) electrons. The van der Waals surface area contributed by atoms with Gasteiger partial charge >= 0.3 is 0 Å². The number of sulfonamides is 1. The van der Waals surface area contributed by atoms with Gasteiger partial charge in [-0.25, -0.2) is 8.42 Å². The van der Waals surface area contributed by atoms with E-state index in [1.807, 2.05) is 58.0 Å². The van der Waals surface area contributed by atoms with Gasteiger partial charge in [-0.2, -0.15) is 0 Å². The van der Waals surface area contributed by atoms with Crippen LogP contribution in [0.4, 0.5) is 5.69 Å². The minimum Gasteiger partial charge on any atom is -0.357 e. The summed E-state index contributed by atoms with van der Waals surface area (Å²) in [7, 11) is -2.21. The summed E-state index contributed by atoms with van der Waals surface area (Å²) < 4.78 is 26.4. The molecule has 0 saturated carbocycles. The van der Waals surface area contributed by atoms with Crippen LogP contribution in [-0.2, 0) is 26.2 Å². The van der Waals surface area contributed by atoms with Crippen LogP contribution in [0.25, 0.3) is 0 Å². The fourth-order valence-corrected chi connectivity index (χ4v) is 4.59. The molecule has 2 aromatic rings. The zero-order valence-corrected chi connectivity index (χ0v) is 20.5. The van der Waals surface area contributed by atoms with E-state index in [9.17, 15) is 18.0 Å². The van der Waals surface area contributed by atoms with Crippen molar-refractivity contribution in [2.45, 2.75) is 46.7 Å². The molecule has 2 amide bonds. The molecular weight excluding hydrogens is 426 g/mol. The van der Waals surface area contributed by atoms with Crippen LogP contribution in [0, 0.1) is 20.8 Å². The average Bonchev–Trinajstić information content (AvgIpc) is 2.73. The first-order valence-corrected chi connectivity index (χ1v) is 12.4. The topological polar surface area (TPSA) is 86.8 Å². The summed E-state index contributed by atoms with van der Waals surface area (Å²) in [6, 6.07) is 12.3. The Morgan fingerprint density at radius 3 is 2.28 bits per heavy atom. The van der Waals surface area contributed by atoms with Gasteiger partial charge in [-0.3, -0.25) is 13.9 Å². The maximum absolute atomic E-state index is 13.5. The summed E-state index contributed by atoms with van der Waals surface area (Å²) in [5.41, 5.74) is 4.09. The summed E-state index contributed by atoms with van der Waals surface area (Å²) in [6.45, 7) is 7.33. The predicted octanol–water partition coefficient (Wildman–Crippen LogP) is 2.93. The summed E-state index contributed by atoms with van der Waals surface area (Å²) in [5, 5.41) is 2.62. The quantitative estimate of drug-likeness (QED) is 0.625. The number of carbonyl (C=O) groups is 2. The van der Waals surface area contributed by atoms with Gasteiger partial charge in [-0.15, -0.1) is 0 Å². The fraction of sp³-hybridized carbons (Fsp3) is 0.417. The Bertz CT molecular complexity index is 1080. The van der Waals surface area contributed by atoms with Gasteiger partial charge in [-0.05, 0) is 49.9 Å². The minimum atomic E-state index is -3.74. The Balaban J connectivity index is 2.48. The Kier molecular flexibility index (Phi) is 8.44. The lowest BCUT2D eigenvalue weighted by Gasteiger charge is -2.33. The van der Waals surface area contributed by atoms with Crippen LogP contribution in [-0.4, -0.2) is 51.0 Å². The summed E-state index contributed by atoms with van der Waals surface area (Å²) in [6.07, 6.45) is 1.49. The van der Waals surface area contributed by atoms with E-state index in [2.05, 4.69) is 5.32 Å². The number of aryl methyl sites for hydroxylation is 2. The van der Waals surface area contributed by atoms with Crippen LogP contribution >= 0.6 is 0 Å². The zero-order valence-electron chi connectivity index (χ0n) is 19.7. The fourth-order valence-electron chi connectivity index (χ4n) is 3.69. The van der Waals surface area contributed by atoms with Gasteiger partial charge in [0.05, 0.1) is 11.9 Å². The molecule has 0 saturated heterocycles. The van der Waals surface area contributed by atoms with Crippen molar-refractivity contribution in [2.75, 3.05) is 24.2 Å². The largest absolute Gasteiger partial charge is 0.357 e. The van der Waals surface area contributed by atoms with E-state index in [0.29, 0.717) is 12.1 Å². The molecule has 8 heteroatoms. The van der Waals surface area contributed by atoms with Gasteiger partial charge in [0.2, 0.25) is 21.8 Å². The van der Waals surface area contributed by atoms with Crippen molar-refractivity contribution in [3.8, 4) is 0 Å². The number of nitrogens with zero attached hydrogens (tertiary/aromatic N) is 2. The van der Waals surface area contributed by atoms with Gasteiger partial charge in [0.15, 0.2) is 0 Å². The molecule has 0 aromatic heterocycles. The van der Waals surface area contributed by atoms with Crippen LogP contribution in [0.15, 0.2) is 42.5 Å². The number of carbonyl (C=O) groups excluding carboxylic acids is 2. The van der Waals surface area contributed by atoms with Crippen LogP contribution < -0.4 is 9.62 Å². The molecule has 0 fully saturated rings. The number of likely N-dealkylation sites (N-methyl/N-ethyl adjacent to an activating group) is 1. The third-order valence-corrected chi connectivity index (χ3v) is 6.72. The summed E-state index contributed by atoms with van der Waals surface area (Å²) >= 11 is 0. The molecule has 0 heterocycles. The number of amides is 2. The number of nitrogens with one attached hydrogen (secondary N) is 1. The van der Waals surface area contributed by atoms with Crippen LogP contribution in [0.5, 0.6) is 0 Å². The van der Waals surface area contributed by atoms with E-state index in [-0.39, 0.29) is 19.0 Å². The zero-order chi connectivity index (χ0) is 24.1. The lowest BCUT2D eigenvalue weighted by molar-refractivity contribution is -0.140. The second-order valence-corrected chi connectivity index (χ2v) is 9.94. The molecule has 0 unspecified atom stereocenters. The van der Waals surface area contributed by atoms with Gasteiger partial charge in [0, 0.05) is 13.6 Å². The van der Waals surface area contributed by atoms with Crippen LogP contribution in [0.3, 0.4) is 0 Å². The molecule has 2 aromatic carbocycles. The first-order valence-electron chi connectivity index (χ1n) is 10.6. The maximum atomic E-state index is 13.5. The number of rotatable bonds is 9. The van der Waals surface area contributed by atoms with Gasteiger partial charge in [0.25, 0.3) is 0 Å². The Labute approximate surface area is 191 Å². The van der Waals surface area contributed by atoms with Crippen molar-refractivity contribution in [2.24, 2.45) is 0 Å². The van der Waals surface area contributed by atoms with Crippen LogP contribution in [0.2, 0.25) is 0 Å². The van der Waals surface area contributed by atoms with Crippen molar-refractivity contribution < 1.29 is 18.0 Å². The third kappa shape index (κ3) is 6.09. The highest BCUT2D eigenvalue weighted by Gasteiger charge is 2.31. The molecule has 1 N–H and O–H groups in total. The molecule has 1 atom stereocenters. The monoisotopic (exact) mass is 459 g/mol. The molecule has 7 nitrogen and oxygen atoms in total. The molecule has 0 aliphatic carbocycles. The lowest BCUT2D eigenvalue weighted by atomic mass is 10.1. The number of hydrogen-bond donors (Lipinski definition) is 1. The average molecular weight is 460 g/mol. The predicted molar refractivity (Wildman–Crippen MR) is 128 cm³/mol.